The van der Waals surface area contributed by atoms with Crippen LogP contribution in [0.2, 0.25) is 0 Å². The lowest BCUT2D eigenvalue weighted by molar-refractivity contribution is 0.799. The van der Waals surface area contributed by atoms with Crippen molar-refractivity contribution in [3.63, 3.8) is 0 Å². The van der Waals surface area contributed by atoms with E-state index >= 15 is 0 Å². The van der Waals surface area contributed by atoms with Crippen LogP contribution in [0.15, 0.2) is 0 Å². The molecular formula is C5H15ClN2. The first kappa shape index (κ1) is 11.1. The van der Waals surface area contributed by atoms with Gasteiger partial charge in [-0.3, -0.25) is 11.7 Å². The molecule has 0 aliphatic heterocycles. The minimum atomic E-state index is 0. The molecule has 0 aromatic rings. The highest BCUT2D eigenvalue weighted by Crippen LogP contribution is 2.31. The Morgan fingerprint density at radius 3 is 1.75 bits per heavy atom. The molecule has 0 spiro atoms. The molecule has 0 heterocycles. The van der Waals surface area contributed by atoms with Gasteiger partial charge in [0.25, 0.3) is 0 Å². The molecule has 8 heavy (non-hydrogen) atoms. The number of hydrogen-bond donors (Lipinski definition) is 2. The molecule has 0 unspecified atom stereocenters. The van der Waals surface area contributed by atoms with Crippen molar-refractivity contribution >= 4 is 12.4 Å². The summed E-state index contributed by atoms with van der Waals surface area (Å²) in [5, 5.41) is 0. The molecule has 0 aromatic carbocycles. The molecule has 0 bridgehead atoms. The monoisotopic (exact) mass is 138 g/mol. The van der Waals surface area contributed by atoms with Gasteiger partial charge in [-0.1, -0.05) is 26.2 Å². The maximum Gasteiger partial charge on any atom is -0.0417 e. The topological polar surface area (TPSA) is 52.0 Å². The summed E-state index contributed by atoms with van der Waals surface area (Å²) in [6, 6.07) is 0. The van der Waals surface area contributed by atoms with E-state index in [1.54, 1.807) is 0 Å². The van der Waals surface area contributed by atoms with Gasteiger partial charge in [-0.2, -0.15) is 0 Å². The number of hydrogen-bond acceptors (Lipinski definition) is 2. The second-order valence-corrected chi connectivity index (χ2v) is 1.85. The summed E-state index contributed by atoms with van der Waals surface area (Å²) >= 11 is 0. The van der Waals surface area contributed by atoms with E-state index < -0.39 is 0 Å². The van der Waals surface area contributed by atoms with Gasteiger partial charge >= 0.3 is 0 Å². The Kier molecular flexibility index (Phi) is 9.97. The van der Waals surface area contributed by atoms with Crippen LogP contribution in [0.3, 0.4) is 0 Å². The van der Waals surface area contributed by atoms with Crippen molar-refractivity contribution in [3.8, 4) is 0 Å². The van der Waals surface area contributed by atoms with E-state index in [1.165, 1.54) is 19.3 Å². The van der Waals surface area contributed by atoms with E-state index in [0.29, 0.717) is 0 Å². The molecule has 0 saturated heterocycles. The Labute approximate surface area is 57.0 Å². The molecule has 2 nitrogen and oxygen atoms in total. The third-order valence-corrected chi connectivity index (χ3v) is 1.27. The largest absolute Gasteiger partial charge is 0.274 e. The molecule has 1 saturated carbocycles. The fourth-order valence-corrected chi connectivity index (χ4v) is 0.526. The van der Waals surface area contributed by atoms with Crippen molar-refractivity contribution in [2.75, 3.05) is 0 Å². The van der Waals surface area contributed by atoms with Gasteiger partial charge in [-0.05, 0) is 5.92 Å². The van der Waals surface area contributed by atoms with Crippen molar-refractivity contribution in [3.05, 3.63) is 0 Å². The van der Waals surface area contributed by atoms with Gasteiger partial charge in [-0.15, -0.1) is 12.4 Å². The number of halogens is 1. The van der Waals surface area contributed by atoms with Crippen LogP contribution in [0.1, 0.15) is 26.2 Å². The molecule has 0 aromatic heterocycles. The molecule has 3 heteroatoms. The van der Waals surface area contributed by atoms with E-state index in [-0.39, 0.29) is 12.4 Å². The van der Waals surface area contributed by atoms with E-state index in [1.807, 2.05) is 0 Å². The van der Waals surface area contributed by atoms with Crippen LogP contribution in [0, 0.1) is 5.92 Å². The van der Waals surface area contributed by atoms with Crippen LogP contribution in [-0.4, -0.2) is 0 Å². The van der Waals surface area contributed by atoms with Gasteiger partial charge in [0.1, 0.15) is 0 Å². The minimum absolute atomic E-state index is 0. The van der Waals surface area contributed by atoms with E-state index in [9.17, 15) is 0 Å². The van der Waals surface area contributed by atoms with Gasteiger partial charge in [-0.25, -0.2) is 0 Å². The summed E-state index contributed by atoms with van der Waals surface area (Å²) in [6.45, 7) is 2.26. The Bertz CT molecular complexity index is 37.4. The first-order valence-electron chi connectivity index (χ1n) is 2.77. The van der Waals surface area contributed by atoms with Crippen LogP contribution in [0.4, 0.5) is 0 Å². The predicted octanol–water partition coefficient (Wildman–Crippen LogP) is 1.05. The SMILES string of the molecule is CCC1CC1.Cl.NN. The summed E-state index contributed by atoms with van der Waals surface area (Å²) in [7, 11) is 0. The molecule has 1 rings (SSSR count). The zero-order chi connectivity index (χ0) is 5.70. The van der Waals surface area contributed by atoms with Crippen molar-refractivity contribution in [1.82, 2.24) is 0 Å². The van der Waals surface area contributed by atoms with Crippen LogP contribution in [-0.2, 0) is 0 Å². The summed E-state index contributed by atoms with van der Waals surface area (Å²) in [5.41, 5.74) is 0. The summed E-state index contributed by atoms with van der Waals surface area (Å²) in [4.78, 5) is 0. The van der Waals surface area contributed by atoms with Gasteiger partial charge in [0.05, 0.1) is 0 Å². The lowest BCUT2D eigenvalue weighted by Crippen LogP contribution is -2.02. The maximum absolute atomic E-state index is 4.00. The Hall–Kier alpha value is 0.210. The average molecular weight is 139 g/mol. The third-order valence-electron chi connectivity index (χ3n) is 1.27. The molecule has 1 fully saturated rings. The molecule has 1 aliphatic rings. The normalized spacial score (nSPS) is 15.4. The minimum Gasteiger partial charge on any atom is -0.274 e. The second-order valence-electron chi connectivity index (χ2n) is 1.85. The zero-order valence-electron chi connectivity index (χ0n) is 5.26. The zero-order valence-corrected chi connectivity index (χ0v) is 6.08. The fraction of sp³-hybridized carbons (Fsp3) is 1.00. The van der Waals surface area contributed by atoms with Crippen LogP contribution in [0.25, 0.3) is 0 Å². The van der Waals surface area contributed by atoms with Crippen molar-refractivity contribution in [1.29, 1.82) is 0 Å². The lowest BCUT2D eigenvalue weighted by Gasteiger charge is -1.72. The van der Waals surface area contributed by atoms with E-state index in [4.69, 9.17) is 0 Å². The summed E-state index contributed by atoms with van der Waals surface area (Å²) < 4.78 is 0. The highest BCUT2D eigenvalue weighted by molar-refractivity contribution is 5.85. The van der Waals surface area contributed by atoms with Crippen LogP contribution >= 0.6 is 12.4 Å². The quantitative estimate of drug-likeness (QED) is 0.421. The van der Waals surface area contributed by atoms with E-state index in [0.717, 1.165) is 5.92 Å². The van der Waals surface area contributed by atoms with Gasteiger partial charge in [0.15, 0.2) is 0 Å². The first-order valence-corrected chi connectivity index (χ1v) is 2.77. The number of rotatable bonds is 1. The Balaban J connectivity index is 0. The molecule has 4 N–H and O–H groups in total. The second kappa shape index (κ2) is 7.21. The number of nitrogens with two attached hydrogens (primary N) is 2. The summed E-state index contributed by atoms with van der Waals surface area (Å²) in [5.74, 6) is 9.13. The molecule has 52 valence electrons. The molecule has 1 aliphatic carbocycles. The fourth-order valence-electron chi connectivity index (χ4n) is 0.526. The van der Waals surface area contributed by atoms with Gasteiger partial charge in [0.2, 0.25) is 0 Å². The van der Waals surface area contributed by atoms with Gasteiger partial charge < -0.3 is 0 Å². The first-order chi connectivity index (χ1) is 3.43. The van der Waals surface area contributed by atoms with Crippen molar-refractivity contribution in [2.24, 2.45) is 17.6 Å². The average Bonchev–Trinajstić information content (AvgIpc) is 2.52. The van der Waals surface area contributed by atoms with Crippen LogP contribution in [0.5, 0.6) is 0 Å². The third kappa shape index (κ3) is 6.21. The highest BCUT2D eigenvalue weighted by atomic mass is 35.5. The van der Waals surface area contributed by atoms with E-state index in [2.05, 4.69) is 18.6 Å². The van der Waals surface area contributed by atoms with Crippen molar-refractivity contribution in [2.45, 2.75) is 26.2 Å². The molecular weight excluding hydrogens is 124 g/mol. The lowest BCUT2D eigenvalue weighted by atomic mass is 10.3. The molecule has 0 atom stereocenters. The maximum atomic E-state index is 4.00. The summed E-state index contributed by atoms with van der Waals surface area (Å²) in [6.07, 6.45) is 4.44. The standard InChI is InChI=1S/C5H10.ClH.H4N2/c1-2-5-3-4-5;;1-2/h5H,2-4H2,1H3;1H;1-2H2. The predicted molar refractivity (Wildman–Crippen MR) is 38.6 cm³/mol. The molecule has 0 amide bonds. The number of hydrazine groups is 1. The van der Waals surface area contributed by atoms with Crippen LogP contribution < -0.4 is 11.7 Å². The Morgan fingerprint density at radius 2 is 1.75 bits per heavy atom. The van der Waals surface area contributed by atoms with Gasteiger partial charge in [0, 0.05) is 0 Å². The molecule has 0 radical (unpaired) electrons. The highest BCUT2D eigenvalue weighted by Gasteiger charge is 2.17. The Morgan fingerprint density at radius 1 is 1.38 bits per heavy atom. The van der Waals surface area contributed by atoms with Crippen molar-refractivity contribution < 1.29 is 0 Å². The smallest absolute Gasteiger partial charge is 0.0417 e.